The highest BCUT2D eigenvalue weighted by molar-refractivity contribution is 6.30. The molecule has 2 aromatic carbocycles. The molecule has 1 aromatic heterocycles. The van der Waals surface area contributed by atoms with Crippen molar-refractivity contribution in [3.8, 4) is 28.1 Å². The van der Waals surface area contributed by atoms with Gasteiger partial charge in [-0.05, 0) is 75.2 Å². The van der Waals surface area contributed by atoms with Crippen molar-refractivity contribution in [3.05, 3.63) is 71.9 Å². The molecule has 3 aromatic rings. The number of ether oxygens (including phenoxy) is 2. The second kappa shape index (κ2) is 11.1. The zero-order valence-electron chi connectivity index (χ0n) is 20.5. The van der Waals surface area contributed by atoms with Crippen LogP contribution in [0.2, 0.25) is 5.02 Å². The molecule has 0 aliphatic carbocycles. The zero-order valence-corrected chi connectivity index (χ0v) is 21.2. The van der Waals surface area contributed by atoms with E-state index >= 15 is 0 Å². The third-order valence-electron chi connectivity index (χ3n) is 5.76. The van der Waals surface area contributed by atoms with Crippen molar-refractivity contribution < 1.29 is 14.3 Å². The van der Waals surface area contributed by atoms with Crippen molar-refractivity contribution in [1.82, 2.24) is 15.2 Å². The number of rotatable bonds is 7. The van der Waals surface area contributed by atoms with Crippen LogP contribution in [0.5, 0.6) is 5.75 Å². The second-order valence-electron chi connectivity index (χ2n) is 9.74. The number of nitrogens with zero attached hydrogens (tertiary/aromatic N) is 2. The fourth-order valence-corrected chi connectivity index (χ4v) is 4.15. The molecule has 0 spiro atoms. The van der Waals surface area contributed by atoms with E-state index in [0.29, 0.717) is 6.61 Å². The van der Waals surface area contributed by atoms with E-state index in [1.165, 1.54) is 0 Å². The molecule has 0 radical (unpaired) electrons. The van der Waals surface area contributed by atoms with Crippen LogP contribution in [0.3, 0.4) is 0 Å². The molecule has 1 atom stereocenters. The van der Waals surface area contributed by atoms with Gasteiger partial charge < -0.3 is 14.8 Å². The lowest BCUT2D eigenvalue weighted by molar-refractivity contribution is 0.0505. The van der Waals surface area contributed by atoms with Gasteiger partial charge in [0.1, 0.15) is 18.0 Å². The van der Waals surface area contributed by atoms with E-state index in [1.807, 2.05) is 81.6 Å². The van der Waals surface area contributed by atoms with Gasteiger partial charge in [-0.3, -0.25) is 9.88 Å². The van der Waals surface area contributed by atoms with Gasteiger partial charge in [0.25, 0.3) is 0 Å². The summed E-state index contributed by atoms with van der Waals surface area (Å²) in [6.07, 6.45) is 2.44. The van der Waals surface area contributed by atoms with Crippen molar-refractivity contribution in [2.24, 2.45) is 0 Å². The van der Waals surface area contributed by atoms with Crippen LogP contribution in [0, 0.1) is 0 Å². The number of likely N-dealkylation sites (tertiary alicyclic amines) is 1. The summed E-state index contributed by atoms with van der Waals surface area (Å²) >= 11 is 5.98. The van der Waals surface area contributed by atoms with Gasteiger partial charge >= 0.3 is 6.09 Å². The summed E-state index contributed by atoms with van der Waals surface area (Å²) in [6.45, 7) is 8.74. The van der Waals surface area contributed by atoms with E-state index in [4.69, 9.17) is 21.1 Å². The smallest absolute Gasteiger partial charge is 0.407 e. The highest BCUT2D eigenvalue weighted by Crippen LogP contribution is 2.25. The van der Waals surface area contributed by atoms with Gasteiger partial charge in [0.2, 0.25) is 0 Å². The van der Waals surface area contributed by atoms with Gasteiger partial charge in [0, 0.05) is 48.0 Å². The van der Waals surface area contributed by atoms with Crippen LogP contribution in [-0.2, 0) is 4.74 Å². The summed E-state index contributed by atoms with van der Waals surface area (Å²) in [5.74, 6) is 0.828. The summed E-state index contributed by atoms with van der Waals surface area (Å²) in [4.78, 5) is 18.9. The van der Waals surface area contributed by atoms with Gasteiger partial charge in [0.05, 0.1) is 5.69 Å². The van der Waals surface area contributed by atoms with E-state index < -0.39 is 5.60 Å². The van der Waals surface area contributed by atoms with Crippen molar-refractivity contribution in [2.45, 2.75) is 38.8 Å². The first-order chi connectivity index (χ1) is 16.7. The summed E-state index contributed by atoms with van der Waals surface area (Å²) in [5, 5.41) is 3.68. The van der Waals surface area contributed by atoms with Crippen LogP contribution in [-0.4, -0.2) is 53.9 Å². The third kappa shape index (κ3) is 7.44. The second-order valence-corrected chi connectivity index (χ2v) is 10.2. The van der Waals surface area contributed by atoms with Crippen LogP contribution in [0.25, 0.3) is 22.4 Å². The average Bonchev–Trinajstić information content (AvgIpc) is 3.26. The zero-order chi connectivity index (χ0) is 24.8. The summed E-state index contributed by atoms with van der Waals surface area (Å²) in [7, 11) is 0. The number of hydrogen-bond acceptors (Lipinski definition) is 5. The Morgan fingerprint density at radius 2 is 1.71 bits per heavy atom. The first kappa shape index (κ1) is 25.0. The van der Waals surface area contributed by atoms with E-state index in [1.54, 1.807) is 0 Å². The molecule has 7 heteroatoms. The van der Waals surface area contributed by atoms with Crippen molar-refractivity contribution in [3.63, 3.8) is 0 Å². The quantitative estimate of drug-likeness (QED) is 0.434. The number of carbonyl (C=O) groups excluding carboxylic acids is 1. The van der Waals surface area contributed by atoms with Gasteiger partial charge in [-0.25, -0.2) is 4.79 Å². The Bertz CT molecular complexity index is 1110. The van der Waals surface area contributed by atoms with E-state index in [2.05, 4.69) is 21.3 Å². The lowest BCUT2D eigenvalue weighted by atomic mass is 10.1. The molecule has 1 fully saturated rings. The van der Waals surface area contributed by atoms with Gasteiger partial charge in [-0.15, -0.1) is 0 Å². The maximum absolute atomic E-state index is 12.0. The standard InChI is InChI=1S/C28H32ClN3O3/c1-28(2,3)35-27(33)31-24-14-15-32(19-24)16-17-34-25-11-6-21(7-12-25)26-13-8-22(18-30-26)20-4-9-23(29)10-5-20/h4-13,18,24H,14-17,19H2,1-3H3,(H,31,33). The van der Waals surface area contributed by atoms with E-state index in [0.717, 1.165) is 59.2 Å². The van der Waals surface area contributed by atoms with E-state index in [9.17, 15) is 4.79 Å². The number of hydrogen-bond donors (Lipinski definition) is 1. The van der Waals surface area contributed by atoms with E-state index in [-0.39, 0.29) is 12.1 Å². The Labute approximate surface area is 212 Å². The maximum Gasteiger partial charge on any atom is 0.407 e. The molecule has 4 rings (SSSR count). The topological polar surface area (TPSA) is 63.7 Å². The molecule has 35 heavy (non-hydrogen) atoms. The molecule has 6 nitrogen and oxygen atoms in total. The number of amides is 1. The molecule has 1 aliphatic heterocycles. The van der Waals surface area contributed by atoms with Crippen molar-refractivity contribution in [2.75, 3.05) is 26.2 Å². The fraction of sp³-hybridized carbons (Fsp3) is 0.357. The molecule has 1 aliphatic rings. The summed E-state index contributed by atoms with van der Waals surface area (Å²) < 4.78 is 11.3. The molecular weight excluding hydrogens is 462 g/mol. The molecule has 1 unspecified atom stereocenters. The molecule has 0 saturated carbocycles. The normalized spacial score (nSPS) is 16.2. The Balaban J connectivity index is 1.22. The Morgan fingerprint density at radius 1 is 1.03 bits per heavy atom. The third-order valence-corrected chi connectivity index (χ3v) is 6.01. The predicted octanol–water partition coefficient (Wildman–Crippen LogP) is 6.05. The van der Waals surface area contributed by atoms with Gasteiger partial charge in [-0.2, -0.15) is 0 Å². The minimum Gasteiger partial charge on any atom is -0.492 e. The van der Waals surface area contributed by atoms with Crippen LogP contribution < -0.4 is 10.1 Å². The number of nitrogens with one attached hydrogen (secondary N) is 1. The molecular formula is C28H32ClN3O3. The Hall–Kier alpha value is -3.09. The summed E-state index contributed by atoms with van der Waals surface area (Å²) in [6, 6.07) is 19.9. The average molecular weight is 494 g/mol. The lowest BCUT2D eigenvalue weighted by Crippen LogP contribution is -2.40. The largest absolute Gasteiger partial charge is 0.492 e. The molecule has 0 bridgehead atoms. The maximum atomic E-state index is 12.0. The molecule has 1 saturated heterocycles. The molecule has 184 valence electrons. The number of benzene rings is 2. The number of aromatic nitrogens is 1. The minimum absolute atomic E-state index is 0.114. The Kier molecular flexibility index (Phi) is 7.93. The number of carbonyl (C=O) groups is 1. The molecule has 1 amide bonds. The fourth-order valence-electron chi connectivity index (χ4n) is 4.02. The minimum atomic E-state index is -0.483. The first-order valence-electron chi connectivity index (χ1n) is 11.9. The lowest BCUT2D eigenvalue weighted by Gasteiger charge is -2.22. The van der Waals surface area contributed by atoms with Crippen LogP contribution >= 0.6 is 11.6 Å². The molecule has 2 heterocycles. The highest BCUT2D eigenvalue weighted by atomic mass is 35.5. The van der Waals surface area contributed by atoms with Crippen LogP contribution in [0.1, 0.15) is 27.2 Å². The first-order valence-corrected chi connectivity index (χ1v) is 12.3. The SMILES string of the molecule is CC(C)(C)OC(=O)NC1CCN(CCOc2ccc(-c3ccc(-c4ccc(Cl)cc4)cn3)cc2)C1. The number of alkyl carbamates (subject to hydrolysis) is 1. The van der Waals surface area contributed by atoms with Crippen LogP contribution in [0.4, 0.5) is 4.79 Å². The van der Waals surface area contributed by atoms with Gasteiger partial charge in [-0.1, -0.05) is 29.8 Å². The van der Waals surface area contributed by atoms with Crippen molar-refractivity contribution >= 4 is 17.7 Å². The predicted molar refractivity (Wildman–Crippen MR) is 140 cm³/mol. The highest BCUT2D eigenvalue weighted by Gasteiger charge is 2.25. The summed E-state index contributed by atoms with van der Waals surface area (Å²) in [5.41, 5.74) is 3.60. The number of halogens is 1. The Morgan fingerprint density at radius 3 is 2.37 bits per heavy atom. The monoisotopic (exact) mass is 493 g/mol. The molecule has 1 N–H and O–H groups in total. The van der Waals surface area contributed by atoms with Crippen LogP contribution in [0.15, 0.2) is 66.9 Å². The van der Waals surface area contributed by atoms with Crippen molar-refractivity contribution in [1.29, 1.82) is 0 Å². The number of pyridine rings is 1. The van der Waals surface area contributed by atoms with Gasteiger partial charge in [0.15, 0.2) is 0 Å².